The van der Waals surface area contributed by atoms with Gasteiger partial charge in [-0.25, -0.2) is 22.9 Å². The summed E-state index contributed by atoms with van der Waals surface area (Å²) in [5.74, 6) is -0.225. The molecule has 1 unspecified atom stereocenters. The van der Waals surface area contributed by atoms with Crippen LogP contribution in [0.5, 0.6) is 5.75 Å². The highest BCUT2D eigenvalue weighted by molar-refractivity contribution is 7.90. The highest BCUT2D eigenvalue weighted by atomic mass is 32.2. The van der Waals surface area contributed by atoms with E-state index in [1.165, 1.54) is 37.6 Å². The van der Waals surface area contributed by atoms with Crippen molar-refractivity contribution in [3.63, 3.8) is 0 Å². The van der Waals surface area contributed by atoms with Crippen molar-refractivity contribution in [2.75, 3.05) is 14.2 Å². The highest BCUT2D eigenvalue weighted by Crippen LogP contribution is 2.25. The van der Waals surface area contributed by atoms with Gasteiger partial charge in [0.1, 0.15) is 15.7 Å². The molecule has 0 aliphatic heterocycles. The first-order valence-corrected chi connectivity index (χ1v) is 10.2. The number of benzene rings is 1. The summed E-state index contributed by atoms with van der Waals surface area (Å²) in [6.45, 7) is 1.81. The second-order valence-electron chi connectivity index (χ2n) is 5.51. The second kappa shape index (κ2) is 8.82. The van der Waals surface area contributed by atoms with Gasteiger partial charge in [0, 0.05) is 18.6 Å². The fourth-order valence-corrected chi connectivity index (χ4v) is 4.08. The van der Waals surface area contributed by atoms with E-state index < -0.39 is 16.1 Å². The van der Waals surface area contributed by atoms with Gasteiger partial charge in [-0.05, 0) is 24.6 Å². The van der Waals surface area contributed by atoms with Crippen LogP contribution in [0.25, 0.3) is 0 Å². The van der Waals surface area contributed by atoms with Crippen molar-refractivity contribution in [1.29, 1.82) is 0 Å². The summed E-state index contributed by atoms with van der Waals surface area (Å²) < 4.78 is 31.7. The predicted octanol–water partition coefficient (Wildman–Crippen LogP) is 1.19. The zero-order valence-electron chi connectivity index (χ0n) is 15.0. The van der Waals surface area contributed by atoms with Crippen LogP contribution < -0.4 is 20.1 Å². The number of sulfonamides is 1. The minimum atomic E-state index is -4.16. The van der Waals surface area contributed by atoms with Crippen LogP contribution >= 0.6 is 11.3 Å². The number of hydrogen-bond donors (Lipinski definition) is 3. The molecular formula is C16H20N4O5S2. The molecule has 1 heterocycles. The number of thiazole rings is 1. The molecule has 0 spiro atoms. The SMILES string of the molecule is CNC(=O)NS(=O)(=O)c1cc(CC(=O)NC(C)c2nccs2)ccc1OC. The molecule has 27 heavy (non-hydrogen) atoms. The molecule has 0 fully saturated rings. The summed E-state index contributed by atoms with van der Waals surface area (Å²) in [5.41, 5.74) is 0.455. The van der Waals surface area contributed by atoms with Gasteiger partial charge in [0.05, 0.1) is 19.6 Å². The van der Waals surface area contributed by atoms with Crippen LogP contribution in [0.2, 0.25) is 0 Å². The van der Waals surface area contributed by atoms with Gasteiger partial charge in [-0.2, -0.15) is 0 Å². The molecule has 1 atom stereocenters. The van der Waals surface area contributed by atoms with Gasteiger partial charge in [0.15, 0.2) is 0 Å². The summed E-state index contributed by atoms with van der Waals surface area (Å²) in [6, 6.07) is 3.19. The van der Waals surface area contributed by atoms with Gasteiger partial charge in [-0.3, -0.25) is 4.79 Å². The second-order valence-corrected chi connectivity index (χ2v) is 8.08. The van der Waals surface area contributed by atoms with Crippen molar-refractivity contribution in [2.24, 2.45) is 0 Å². The van der Waals surface area contributed by atoms with Gasteiger partial charge < -0.3 is 15.4 Å². The number of urea groups is 1. The predicted molar refractivity (Wildman–Crippen MR) is 100 cm³/mol. The van der Waals surface area contributed by atoms with E-state index in [9.17, 15) is 18.0 Å². The Hall–Kier alpha value is -2.66. The van der Waals surface area contributed by atoms with Crippen LogP contribution in [0.15, 0.2) is 34.7 Å². The third-order valence-electron chi connectivity index (χ3n) is 3.54. The largest absolute Gasteiger partial charge is 0.495 e. The number of rotatable bonds is 7. The maximum absolute atomic E-state index is 12.4. The van der Waals surface area contributed by atoms with E-state index in [1.54, 1.807) is 12.3 Å². The van der Waals surface area contributed by atoms with E-state index in [1.807, 2.05) is 17.0 Å². The molecule has 0 radical (unpaired) electrons. The zero-order valence-corrected chi connectivity index (χ0v) is 16.6. The van der Waals surface area contributed by atoms with Crippen molar-refractivity contribution in [3.8, 4) is 5.75 Å². The molecule has 1 aromatic carbocycles. The number of methoxy groups -OCH3 is 1. The summed E-state index contributed by atoms with van der Waals surface area (Å²) >= 11 is 1.43. The van der Waals surface area contributed by atoms with Crippen LogP contribution in [0.3, 0.4) is 0 Å². The van der Waals surface area contributed by atoms with Crippen LogP contribution in [0.4, 0.5) is 4.79 Å². The van der Waals surface area contributed by atoms with Crippen molar-refractivity contribution >= 4 is 33.3 Å². The Morgan fingerprint density at radius 1 is 1.33 bits per heavy atom. The van der Waals surface area contributed by atoms with Gasteiger partial charge >= 0.3 is 6.03 Å². The van der Waals surface area contributed by atoms with E-state index in [2.05, 4.69) is 15.6 Å². The lowest BCUT2D eigenvalue weighted by molar-refractivity contribution is -0.121. The lowest BCUT2D eigenvalue weighted by Crippen LogP contribution is -2.37. The zero-order chi connectivity index (χ0) is 20.0. The molecule has 0 bridgehead atoms. The molecule has 2 aromatic rings. The van der Waals surface area contributed by atoms with Crippen molar-refractivity contribution in [3.05, 3.63) is 40.3 Å². The minimum Gasteiger partial charge on any atom is -0.495 e. The van der Waals surface area contributed by atoms with Crippen molar-refractivity contribution in [2.45, 2.75) is 24.3 Å². The third-order valence-corrected chi connectivity index (χ3v) is 5.85. The first kappa shape index (κ1) is 20.6. The van der Waals surface area contributed by atoms with Gasteiger partial charge in [0.2, 0.25) is 5.91 Å². The molecule has 0 saturated heterocycles. The van der Waals surface area contributed by atoms with E-state index in [0.717, 1.165) is 5.01 Å². The number of aromatic nitrogens is 1. The van der Waals surface area contributed by atoms with Crippen molar-refractivity contribution in [1.82, 2.24) is 20.3 Å². The summed E-state index contributed by atoms with van der Waals surface area (Å²) in [4.78, 5) is 27.6. The maximum atomic E-state index is 12.4. The molecule has 1 aromatic heterocycles. The Morgan fingerprint density at radius 2 is 2.07 bits per heavy atom. The molecule has 146 valence electrons. The smallest absolute Gasteiger partial charge is 0.328 e. The molecule has 9 nitrogen and oxygen atoms in total. The number of amides is 3. The molecule has 2 rings (SSSR count). The topological polar surface area (TPSA) is 126 Å². The lowest BCUT2D eigenvalue weighted by Gasteiger charge is -2.14. The van der Waals surface area contributed by atoms with E-state index in [0.29, 0.717) is 5.56 Å². The molecular weight excluding hydrogens is 392 g/mol. The quantitative estimate of drug-likeness (QED) is 0.627. The highest BCUT2D eigenvalue weighted by Gasteiger charge is 2.23. The van der Waals surface area contributed by atoms with Gasteiger partial charge in [-0.15, -0.1) is 11.3 Å². The number of carbonyl (C=O) groups excluding carboxylic acids is 2. The number of hydrogen-bond acceptors (Lipinski definition) is 7. The maximum Gasteiger partial charge on any atom is 0.328 e. The van der Waals surface area contributed by atoms with E-state index >= 15 is 0 Å². The fourth-order valence-electron chi connectivity index (χ4n) is 2.26. The standard InChI is InChI=1S/C16H20N4O5S2/c1-10(15-18-6-7-26-15)19-14(21)9-11-4-5-12(25-3)13(8-11)27(23,24)20-16(22)17-2/h4-8,10H,9H2,1-3H3,(H,19,21)(H2,17,20,22). The molecule has 3 amide bonds. The van der Waals surface area contributed by atoms with Crippen LogP contribution in [0.1, 0.15) is 23.5 Å². The van der Waals surface area contributed by atoms with Crippen molar-refractivity contribution < 1.29 is 22.7 Å². The molecule has 0 aliphatic carbocycles. The van der Waals surface area contributed by atoms with E-state index in [4.69, 9.17) is 4.74 Å². The third kappa shape index (κ3) is 5.41. The van der Waals surface area contributed by atoms with Crippen LogP contribution in [0, 0.1) is 0 Å². The Kier molecular flexibility index (Phi) is 6.75. The molecule has 0 aliphatic rings. The number of carbonyl (C=O) groups is 2. The van der Waals surface area contributed by atoms with Crippen LogP contribution in [-0.2, 0) is 21.2 Å². The number of ether oxygens (including phenoxy) is 1. The lowest BCUT2D eigenvalue weighted by atomic mass is 10.1. The Morgan fingerprint density at radius 3 is 2.67 bits per heavy atom. The molecule has 11 heteroatoms. The molecule has 3 N–H and O–H groups in total. The first-order chi connectivity index (χ1) is 12.8. The Labute approximate surface area is 161 Å². The van der Waals surface area contributed by atoms with Gasteiger partial charge in [0.25, 0.3) is 10.0 Å². The Bertz CT molecular complexity index is 913. The fraction of sp³-hybridized carbons (Fsp3) is 0.312. The average Bonchev–Trinajstić information content (AvgIpc) is 3.16. The monoisotopic (exact) mass is 412 g/mol. The first-order valence-electron chi connectivity index (χ1n) is 7.87. The van der Waals surface area contributed by atoms with Crippen LogP contribution in [-0.4, -0.2) is 39.5 Å². The van der Waals surface area contributed by atoms with Gasteiger partial charge in [-0.1, -0.05) is 6.07 Å². The summed E-state index contributed by atoms with van der Waals surface area (Å²) in [6.07, 6.45) is 1.62. The Balaban J connectivity index is 2.18. The average molecular weight is 412 g/mol. The normalized spacial score (nSPS) is 12.1. The summed E-state index contributed by atoms with van der Waals surface area (Å²) in [7, 11) is -1.54. The van der Waals surface area contributed by atoms with E-state index in [-0.39, 0.29) is 29.0 Å². The summed E-state index contributed by atoms with van der Waals surface area (Å²) in [5, 5.41) is 7.57. The minimum absolute atomic E-state index is 0.0395. The molecule has 0 saturated carbocycles. The number of nitrogens with zero attached hydrogens (tertiary/aromatic N) is 1. The number of nitrogens with one attached hydrogen (secondary N) is 3.